The average Bonchev–Trinajstić information content (AvgIpc) is 2.46. The molecule has 0 aliphatic carbocycles. The molecule has 2 rings (SSSR count). The number of nitrogens with two attached hydrogens (primary N) is 1. The van der Waals surface area contributed by atoms with E-state index in [2.05, 4.69) is 0 Å². The van der Waals surface area contributed by atoms with Gasteiger partial charge in [0.1, 0.15) is 5.58 Å². The Morgan fingerprint density at radius 2 is 2.00 bits per heavy atom. The molecule has 0 aliphatic heterocycles. The van der Waals surface area contributed by atoms with Gasteiger partial charge in [-0.15, -0.1) is 0 Å². The highest BCUT2D eigenvalue weighted by Crippen LogP contribution is 2.27. The number of hydrogen-bond donors (Lipinski definition) is 1. The number of furan rings is 1. The molecule has 0 spiro atoms. The SMILES string of the molecule is Nc1ccc2cc(C(F)F)oc2c1. The van der Waals surface area contributed by atoms with Gasteiger partial charge in [0.2, 0.25) is 0 Å². The van der Waals surface area contributed by atoms with E-state index < -0.39 is 6.43 Å². The van der Waals surface area contributed by atoms with Gasteiger partial charge in [-0.25, -0.2) is 8.78 Å². The van der Waals surface area contributed by atoms with Gasteiger partial charge in [-0.3, -0.25) is 0 Å². The normalized spacial score (nSPS) is 11.3. The molecule has 0 fully saturated rings. The van der Waals surface area contributed by atoms with Crippen LogP contribution in [0.5, 0.6) is 0 Å². The van der Waals surface area contributed by atoms with E-state index >= 15 is 0 Å². The fraction of sp³-hybridized carbons (Fsp3) is 0.111. The second kappa shape index (κ2) is 2.73. The molecule has 0 bridgehead atoms. The van der Waals surface area contributed by atoms with E-state index in [-0.39, 0.29) is 5.76 Å². The molecule has 0 atom stereocenters. The van der Waals surface area contributed by atoms with E-state index in [1.807, 2.05) is 0 Å². The summed E-state index contributed by atoms with van der Waals surface area (Å²) in [5.74, 6) is -0.319. The van der Waals surface area contributed by atoms with E-state index in [4.69, 9.17) is 10.2 Å². The molecule has 0 saturated carbocycles. The predicted octanol–water partition coefficient (Wildman–Crippen LogP) is 2.95. The minimum absolute atomic E-state index is 0.319. The van der Waals surface area contributed by atoms with E-state index in [9.17, 15) is 8.78 Å². The molecule has 0 unspecified atom stereocenters. The minimum Gasteiger partial charge on any atom is -0.455 e. The molecular weight excluding hydrogens is 176 g/mol. The van der Waals surface area contributed by atoms with E-state index in [0.717, 1.165) is 0 Å². The van der Waals surface area contributed by atoms with Crippen LogP contribution in [0.15, 0.2) is 28.7 Å². The van der Waals surface area contributed by atoms with E-state index in [1.165, 1.54) is 12.1 Å². The van der Waals surface area contributed by atoms with Crippen molar-refractivity contribution < 1.29 is 13.2 Å². The summed E-state index contributed by atoms with van der Waals surface area (Å²) >= 11 is 0. The quantitative estimate of drug-likeness (QED) is 0.690. The second-order valence-electron chi connectivity index (χ2n) is 2.75. The van der Waals surface area contributed by atoms with Gasteiger partial charge in [-0.2, -0.15) is 0 Å². The maximum Gasteiger partial charge on any atom is 0.295 e. The van der Waals surface area contributed by atoms with Gasteiger partial charge in [-0.1, -0.05) is 0 Å². The molecule has 2 aromatic rings. The van der Waals surface area contributed by atoms with Crippen LogP contribution in [-0.4, -0.2) is 0 Å². The number of benzene rings is 1. The monoisotopic (exact) mass is 183 g/mol. The van der Waals surface area contributed by atoms with Crippen molar-refractivity contribution >= 4 is 16.7 Å². The van der Waals surface area contributed by atoms with Crippen molar-refractivity contribution in [2.24, 2.45) is 0 Å². The molecule has 0 saturated heterocycles. The van der Waals surface area contributed by atoms with Gasteiger partial charge in [0.05, 0.1) is 0 Å². The van der Waals surface area contributed by atoms with Crippen molar-refractivity contribution in [3.05, 3.63) is 30.0 Å². The summed E-state index contributed by atoms with van der Waals surface area (Å²) in [5, 5.41) is 0.643. The summed E-state index contributed by atoms with van der Waals surface area (Å²) in [6, 6.07) is 6.15. The largest absolute Gasteiger partial charge is 0.455 e. The van der Waals surface area contributed by atoms with Gasteiger partial charge in [0.25, 0.3) is 6.43 Å². The Morgan fingerprint density at radius 3 is 2.69 bits per heavy atom. The van der Waals surface area contributed by atoms with Crippen LogP contribution >= 0.6 is 0 Å². The zero-order valence-electron chi connectivity index (χ0n) is 6.63. The van der Waals surface area contributed by atoms with E-state index in [0.29, 0.717) is 16.7 Å². The first-order valence-electron chi connectivity index (χ1n) is 3.74. The second-order valence-corrected chi connectivity index (χ2v) is 2.75. The zero-order valence-corrected chi connectivity index (χ0v) is 6.63. The van der Waals surface area contributed by atoms with Crippen LogP contribution in [0.25, 0.3) is 11.0 Å². The van der Waals surface area contributed by atoms with E-state index in [1.54, 1.807) is 12.1 Å². The highest BCUT2D eigenvalue weighted by molar-refractivity contribution is 5.81. The van der Waals surface area contributed by atoms with Gasteiger partial charge in [0, 0.05) is 17.1 Å². The highest BCUT2D eigenvalue weighted by atomic mass is 19.3. The maximum atomic E-state index is 12.2. The standard InChI is InChI=1S/C9H7F2NO/c10-9(11)8-3-5-1-2-6(12)4-7(5)13-8/h1-4,9H,12H2. The smallest absolute Gasteiger partial charge is 0.295 e. The molecule has 68 valence electrons. The Morgan fingerprint density at radius 1 is 1.23 bits per heavy atom. The molecule has 4 heteroatoms. The summed E-state index contributed by atoms with van der Waals surface area (Å²) < 4.78 is 29.2. The van der Waals surface area contributed by atoms with Crippen molar-refractivity contribution in [3.8, 4) is 0 Å². The number of anilines is 1. The van der Waals surface area contributed by atoms with Gasteiger partial charge >= 0.3 is 0 Å². The Labute approximate surface area is 72.9 Å². The summed E-state index contributed by atoms with van der Waals surface area (Å²) in [6.07, 6.45) is -2.58. The Kier molecular flexibility index (Phi) is 1.69. The van der Waals surface area contributed by atoms with Crippen LogP contribution in [0, 0.1) is 0 Å². The van der Waals surface area contributed by atoms with Crippen molar-refractivity contribution in [1.29, 1.82) is 0 Å². The predicted molar refractivity (Wildman–Crippen MR) is 45.6 cm³/mol. The van der Waals surface area contributed by atoms with Crippen molar-refractivity contribution in [2.75, 3.05) is 5.73 Å². The molecule has 13 heavy (non-hydrogen) atoms. The number of hydrogen-bond acceptors (Lipinski definition) is 2. The number of halogens is 2. The minimum atomic E-state index is -2.58. The molecule has 0 amide bonds. The first kappa shape index (κ1) is 8.04. The zero-order chi connectivity index (χ0) is 9.42. The summed E-state index contributed by atoms with van der Waals surface area (Å²) in [5.41, 5.74) is 6.36. The number of rotatable bonds is 1. The molecular formula is C9H7F2NO. The third-order valence-corrected chi connectivity index (χ3v) is 1.78. The summed E-state index contributed by atoms with van der Waals surface area (Å²) in [4.78, 5) is 0. The van der Waals surface area contributed by atoms with Crippen LogP contribution in [0.1, 0.15) is 12.2 Å². The lowest BCUT2D eigenvalue weighted by atomic mass is 10.2. The van der Waals surface area contributed by atoms with Crippen LogP contribution < -0.4 is 5.73 Å². The van der Waals surface area contributed by atoms with Crippen molar-refractivity contribution in [3.63, 3.8) is 0 Å². The fourth-order valence-electron chi connectivity index (χ4n) is 1.18. The first-order chi connectivity index (χ1) is 6.16. The van der Waals surface area contributed by atoms with Crippen LogP contribution in [-0.2, 0) is 0 Å². The summed E-state index contributed by atoms with van der Waals surface area (Å²) in [6.45, 7) is 0. The molecule has 0 radical (unpaired) electrons. The van der Waals surface area contributed by atoms with Crippen molar-refractivity contribution in [2.45, 2.75) is 6.43 Å². The van der Waals surface area contributed by atoms with Gasteiger partial charge in [0.15, 0.2) is 5.76 Å². The lowest BCUT2D eigenvalue weighted by molar-refractivity contribution is 0.124. The lowest BCUT2D eigenvalue weighted by Crippen LogP contribution is -1.81. The number of alkyl halides is 2. The molecule has 0 aliphatic rings. The van der Waals surface area contributed by atoms with Crippen molar-refractivity contribution in [1.82, 2.24) is 0 Å². The third kappa shape index (κ3) is 1.35. The number of nitrogen functional groups attached to an aromatic ring is 1. The third-order valence-electron chi connectivity index (χ3n) is 1.78. The Balaban J connectivity index is 2.62. The molecule has 1 heterocycles. The fourth-order valence-corrected chi connectivity index (χ4v) is 1.18. The Hall–Kier alpha value is -1.58. The Bertz CT molecular complexity index is 436. The van der Waals surface area contributed by atoms with Gasteiger partial charge < -0.3 is 10.2 Å². The average molecular weight is 183 g/mol. The van der Waals surface area contributed by atoms with Crippen LogP contribution in [0.2, 0.25) is 0 Å². The lowest BCUT2D eigenvalue weighted by Gasteiger charge is -1.90. The molecule has 2 nitrogen and oxygen atoms in total. The molecule has 2 N–H and O–H groups in total. The number of fused-ring (bicyclic) bond motifs is 1. The van der Waals surface area contributed by atoms with Gasteiger partial charge in [-0.05, 0) is 18.2 Å². The first-order valence-corrected chi connectivity index (χ1v) is 3.74. The maximum absolute atomic E-state index is 12.2. The summed E-state index contributed by atoms with van der Waals surface area (Å²) in [7, 11) is 0. The topological polar surface area (TPSA) is 39.2 Å². The highest BCUT2D eigenvalue weighted by Gasteiger charge is 2.12. The van der Waals surface area contributed by atoms with Crippen LogP contribution in [0.3, 0.4) is 0 Å². The molecule has 1 aromatic heterocycles. The van der Waals surface area contributed by atoms with Crippen LogP contribution in [0.4, 0.5) is 14.5 Å². The molecule has 1 aromatic carbocycles.